The maximum absolute atomic E-state index is 14.0. The van der Waals surface area contributed by atoms with Gasteiger partial charge in [0.05, 0.1) is 22.7 Å². The normalized spacial score (nSPS) is 20.8. The number of carbonyl (C=O) groups is 4. The molecule has 6 N–H and O–H groups in total. The van der Waals surface area contributed by atoms with Gasteiger partial charge in [-0.25, -0.2) is 8.42 Å². The van der Waals surface area contributed by atoms with Crippen LogP contribution < -0.4 is 21.7 Å². The molecule has 2 fully saturated rings. The van der Waals surface area contributed by atoms with E-state index in [0.29, 0.717) is 38.6 Å². The van der Waals surface area contributed by atoms with E-state index in [1.807, 2.05) is 27.7 Å². The number of benzene rings is 1. The zero-order valence-electron chi connectivity index (χ0n) is 26.3. The fourth-order valence-electron chi connectivity index (χ4n) is 6.28. The standard InChI is InChI=1S/C31H49N5O7S/c1-5-13-22(24(37)26(32)38)33-27(39)23-16-12-19-36(23)28(40)25(30(2,3)4)34-29(41)35-31(17-10-7-11-18-31)20-44(42,43)21-14-8-6-9-15-21/h6,8-9,14-15,22-23,25,29,34-35,41H,5,7,10-13,16-20H2,1-4H3,(H2,32,38)(H,33,39)/t22?,23-,25+,29?/m0/s1. The first-order valence-electron chi connectivity index (χ1n) is 15.5. The van der Waals surface area contributed by atoms with E-state index in [4.69, 9.17) is 5.73 Å². The number of sulfone groups is 1. The van der Waals surface area contributed by atoms with Crippen molar-refractivity contribution in [3.8, 4) is 0 Å². The van der Waals surface area contributed by atoms with Crippen LogP contribution in [0.5, 0.6) is 0 Å². The van der Waals surface area contributed by atoms with Gasteiger partial charge in [-0.3, -0.25) is 29.8 Å². The average Bonchev–Trinajstić information content (AvgIpc) is 3.45. The van der Waals surface area contributed by atoms with Gasteiger partial charge in [0.25, 0.3) is 5.91 Å². The lowest BCUT2D eigenvalue weighted by Crippen LogP contribution is -2.65. The number of hydrogen-bond acceptors (Lipinski definition) is 9. The minimum Gasteiger partial charge on any atom is -0.365 e. The highest BCUT2D eigenvalue weighted by atomic mass is 32.2. The molecule has 12 nitrogen and oxygen atoms in total. The predicted molar refractivity (Wildman–Crippen MR) is 166 cm³/mol. The number of Topliss-reactive ketones (excluding diaryl/α,β-unsaturated/α-hetero) is 1. The highest BCUT2D eigenvalue weighted by Crippen LogP contribution is 2.32. The number of ketones is 1. The van der Waals surface area contributed by atoms with Gasteiger partial charge >= 0.3 is 0 Å². The molecular weight excluding hydrogens is 586 g/mol. The van der Waals surface area contributed by atoms with Crippen LogP contribution in [0, 0.1) is 5.41 Å². The Morgan fingerprint density at radius 3 is 2.27 bits per heavy atom. The van der Waals surface area contributed by atoms with Crippen LogP contribution in [0.4, 0.5) is 0 Å². The van der Waals surface area contributed by atoms with E-state index < -0.39 is 68.8 Å². The first kappa shape index (κ1) is 35.6. The second kappa shape index (κ2) is 14.9. The van der Waals surface area contributed by atoms with Crippen LogP contribution in [-0.2, 0) is 29.0 Å². The number of nitrogens with two attached hydrogens (primary N) is 1. The molecule has 1 aliphatic carbocycles. The molecule has 1 aromatic carbocycles. The van der Waals surface area contributed by atoms with Gasteiger partial charge < -0.3 is 21.1 Å². The third-order valence-corrected chi connectivity index (χ3v) is 10.5. The summed E-state index contributed by atoms with van der Waals surface area (Å²) in [6, 6.07) is 5.36. The Kier molecular flexibility index (Phi) is 12.1. The minimum atomic E-state index is -3.67. The largest absolute Gasteiger partial charge is 0.365 e. The van der Waals surface area contributed by atoms with E-state index in [1.165, 1.54) is 4.90 Å². The molecule has 13 heteroatoms. The first-order valence-corrected chi connectivity index (χ1v) is 17.2. The van der Waals surface area contributed by atoms with Gasteiger partial charge in [0.15, 0.2) is 16.2 Å². The molecule has 0 aromatic heterocycles. The number of nitrogens with zero attached hydrogens (tertiary/aromatic N) is 1. The molecule has 2 aliphatic rings. The van der Waals surface area contributed by atoms with Crippen LogP contribution in [-0.4, -0.2) is 84.2 Å². The van der Waals surface area contributed by atoms with E-state index in [1.54, 1.807) is 30.3 Å². The van der Waals surface area contributed by atoms with Gasteiger partial charge in [0.2, 0.25) is 17.6 Å². The molecule has 1 saturated heterocycles. The molecule has 0 spiro atoms. The van der Waals surface area contributed by atoms with Crippen molar-refractivity contribution in [2.24, 2.45) is 11.1 Å². The Morgan fingerprint density at radius 2 is 1.70 bits per heavy atom. The molecule has 1 aliphatic heterocycles. The summed E-state index contributed by atoms with van der Waals surface area (Å²) in [5.74, 6) is -3.16. The third-order valence-electron chi connectivity index (χ3n) is 8.55. The number of amides is 3. The lowest BCUT2D eigenvalue weighted by atomic mass is 9.83. The first-order chi connectivity index (χ1) is 20.6. The van der Waals surface area contributed by atoms with E-state index in [9.17, 15) is 32.7 Å². The zero-order chi connectivity index (χ0) is 32.7. The fraction of sp³-hybridized carbons (Fsp3) is 0.677. The summed E-state index contributed by atoms with van der Waals surface area (Å²) in [7, 11) is -3.67. The maximum atomic E-state index is 14.0. The van der Waals surface area contributed by atoms with Crippen molar-refractivity contribution in [3.05, 3.63) is 30.3 Å². The molecule has 3 rings (SSSR count). The Balaban J connectivity index is 1.78. The molecule has 4 atom stereocenters. The van der Waals surface area contributed by atoms with Crippen LogP contribution in [0.25, 0.3) is 0 Å². The maximum Gasteiger partial charge on any atom is 0.287 e. The molecule has 0 bridgehead atoms. The number of aliphatic hydroxyl groups excluding tert-OH is 1. The fourth-order valence-corrected chi connectivity index (χ4v) is 8.12. The Hall–Kier alpha value is -2.87. The number of likely N-dealkylation sites (tertiary alicyclic amines) is 1. The highest BCUT2D eigenvalue weighted by molar-refractivity contribution is 7.91. The monoisotopic (exact) mass is 635 g/mol. The van der Waals surface area contributed by atoms with Crippen LogP contribution >= 0.6 is 0 Å². The van der Waals surface area contributed by atoms with Crippen LogP contribution in [0.15, 0.2) is 35.2 Å². The Labute approximate surface area is 260 Å². The number of carbonyl (C=O) groups excluding carboxylic acids is 4. The molecule has 1 heterocycles. The average molecular weight is 636 g/mol. The number of nitrogens with one attached hydrogen (secondary N) is 3. The van der Waals surface area contributed by atoms with Gasteiger partial charge in [-0.05, 0) is 49.7 Å². The molecule has 3 amide bonds. The summed E-state index contributed by atoms with van der Waals surface area (Å²) in [6.07, 6.45) is 3.94. The second-order valence-electron chi connectivity index (χ2n) is 13.2. The Bertz CT molecular complexity index is 1280. The summed E-state index contributed by atoms with van der Waals surface area (Å²) < 4.78 is 26.7. The van der Waals surface area contributed by atoms with E-state index in [-0.39, 0.29) is 17.1 Å². The van der Waals surface area contributed by atoms with Crippen molar-refractivity contribution in [1.82, 2.24) is 20.9 Å². The second-order valence-corrected chi connectivity index (χ2v) is 15.2. The lowest BCUT2D eigenvalue weighted by molar-refractivity contribution is -0.144. The SMILES string of the molecule is CCCC(NC(=O)[C@@H]1CCCN1C(=O)[C@@H](NC(O)NC1(CS(=O)(=O)c2ccccc2)CCCCC1)C(C)(C)C)C(=O)C(N)=O. The highest BCUT2D eigenvalue weighted by Gasteiger charge is 2.44. The van der Waals surface area contributed by atoms with Gasteiger partial charge in [-0.2, -0.15) is 0 Å². The summed E-state index contributed by atoms with van der Waals surface area (Å²) in [5.41, 5.74) is 3.57. The molecular formula is C31H49N5O7S. The quantitative estimate of drug-likeness (QED) is 0.149. The van der Waals surface area contributed by atoms with Gasteiger partial charge in [-0.1, -0.05) is 71.6 Å². The van der Waals surface area contributed by atoms with E-state index in [2.05, 4.69) is 16.0 Å². The Morgan fingerprint density at radius 1 is 1.07 bits per heavy atom. The smallest absolute Gasteiger partial charge is 0.287 e. The van der Waals surface area contributed by atoms with Crippen molar-refractivity contribution in [2.75, 3.05) is 12.3 Å². The van der Waals surface area contributed by atoms with Gasteiger partial charge in [0, 0.05) is 12.1 Å². The van der Waals surface area contributed by atoms with Crippen molar-refractivity contribution in [2.45, 2.75) is 120 Å². The topological polar surface area (TPSA) is 188 Å². The minimum absolute atomic E-state index is 0.200. The van der Waals surface area contributed by atoms with Crippen molar-refractivity contribution < 1.29 is 32.7 Å². The van der Waals surface area contributed by atoms with Crippen molar-refractivity contribution in [1.29, 1.82) is 0 Å². The number of hydrogen-bond donors (Lipinski definition) is 5. The molecule has 1 aromatic rings. The van der Waals surface area contributed by atoms with E-state index >= 15 is 0 Å². The summed E-state index contributed by atoms with van der Waals surface area (Å²) in [6.45, 7) is 7.61. The predicted octanol–water partition coefficient (Wildman–Crippen LogP) is 1.36. The van der Waals surface area contributed by atoms with E-state index in [0.717, 1.165) is 19.3 Å². The van der Waals surface area contributed by atoms with Crippen LogP contribution in [0.1, 0.15) is 85.5 Å². The number of aliphatic hydroxyl groups is 1. The number of primary amides is 1. The third kappa shape index (κ3) is 9.09. The zero-order valence-corrected chi connectivity index (χ0v) is 27.1. The molecule has 246 valence electrons. The number of rotatable bonds is 14. The van der Waals surface area contributed by atoms with Gasteiger partial charge in [0.1, 0.15) is 6.04 Å². The summed E-state index contributed by atoms with van der Waals surface area (Å²) >= 11 is 0. The molecule has 1 saturated carbocycles. The summed E-state index contributed by atoms with van der Waals surface area (Å²) in [5, 5.41) is 20.0. The van der Waals surface area contributed by atoms with Crippen molar-refractivity contribution >= 4 is 33.3 Å². The molecule has 0 radical (unpaired) electrons. The van der Waals surface area contributed by atoms with Crippen LogP contribution in [0.2, 0.25) is 0 Å². The lowest BCUT2D eigenvalue weighted by Gasteiger charge is -2.42. The van der Waals surface area contributed by atoms with Crippen molar-refractivity contribution in [3.63, 3.8) is 0 Å². The van der Waals surface area contributed by atoms with Gasteiger partial charge in [-0.15, -0.1) is 0 Å². The van der Waals surface area contributed by atoms with Crippen LogP contribution in [0.3, 0.4) is 0 Å². The molecule has 2 unspecified atom stereocenters. The molecule has 44 heavy (non-hydrogen) atoms. The summed E-state index contributed by atoms with van der Waals surface area (Å²) in [4.78, 5) is 52.7.